The molecule has 132 valence electrons. The van der Waals surface area contributed by atoms with E-state index >= 15 is 0 Å². The summed E-state index contributed by atoms with van der Waals surface area (Å²) in [7, 11) is 1.87. The number of amides is 1. The minimum absolute atomic E-state index is 0.109. The Balaban J connectivity index is 1.33. The second-order valence-corrected chi connectivity index (χ2v) is 7.06. The van der Waals surface area contributed by atoms with Crippen LogP contribution >= 0.6 is 0 Å². The molecule has 0 bridgehead atoms. The number of aryl methyl sites for hydroxylation is 1. The zero-order chi connectivity index (χ0) is 17.2. The zero-order valence-electron chi connectivity index (χ0n) is 14.6. The number of carbonyl (C=O) groups is 1. The van der Waals surface area contributed by atoms with Gasteiger partial charge in [0, 0.05) is 45.6 Å². The van der Waals surface area contributed by atoms with E-state index in [0.717, 1.165) is 51.4 Å². The number of imidazole rings is 1. The van der Waals surface area contributed by atoms with Gasteiger partial charge < -0.3 is 14.4 Å². The molecule has 2 saturated heterocycles. The normalized spacial score (nSPS) is 21.7. The molecular weight excluding hydrogens is 316 g/mol. The first-order chi connectivity index (χ1) is 12.2. The molecule has 2 aromatic heterocycles. The first kappa shape index (κ1) is 16.1. The van der Waals surface area contributed by atoms with Crippen LogP contribution in [-0.2, 0) is 7.05 Å². The molecule has 0 spiro atoms. The van der Waals surface area contributed by atoms with Crippen molar-refractivity contribution >= 4 is 11.9 Å². The topological polar surface area (TPSA) is 67.2 Å². The number of hydrogen-bond acceptors (Lipinski definition) is 5. The van der Waals surface area contributed by atoms with Crippen molar-refractivity contribution in [3.05, 3.63) is 36.7 Å². The van der Waals surface area contributed by atoms with Crippen molar-refractivity contribution in [3.8, 4) is 0 Å². The highest BCUT2D eigenvalue weighted by Crippen LogP contribution is 2.33. The van der Waals surface area contributed by atoms with Gasteiger partial charge in [-0.3, -0.25) is 4.79 Å². The molecule has 0 aliphatic carbocycles. The van der Waals surface area contributed by atoms with E-state index in [1.165, 1.54) is 0 Å². The van der Waals surface area contributed by atoms with Crippen molar-refractivity contribution in [1.29, 1.82) is 0 Å². The predicted molar refractivity (Wildman–Crippen MR) is 94.2 cm³/mol. The fourth-order valence-corrected chi connectivity index (χ4v) is 4.11. The maximum atomic E-state index is 12.6. The predicted octanol–water partition coefficient (Wildman–Crippen LogP) is 1.59. The van der Waals surface area contributed by atoms with Crippen LogP contribution in [0.15, 0.2) is 31.0 Å². The Bertz CT molecular complexity index is 722. The van der Waals surface area contributed by atoms with Crippen molar-refractivity contribution in [2.45, 2.75) is 19.3 Å². The summed E-state index contributed by atoms with van der Waals surface area (Å²) in [6.45, 7) is 3.73. The largest absolute Gasteiger partial charge is 0.341 e. The third-order valence-electron chi connectivity index (χ3n) is 5.59. The van der Waals surface area contributed by atoms with Gasteiger partial charge in [0.2, 0.25) is 5.95 Å². The summed E-state index contributed by atoms with van der Waals surface area (Å²) in [6, 6.07) is 1.85. The molecule has 2 aromatic rings. The lowest BCUT2D eigenvalue weighted by Gasteiger charge is -2.34. The highest BCUT2D eigenvalue weighted by atomic mass is 16.2. The number of piperidine rings is 1. The highest BCUT2D eigenvalue weighted by molar-refractivity contribution is 5.92. The van der Waals surface area contributed by atoms with E-state index in [2.05, 4.69) is 19.9 Å². The van der Waals surface area contributed by atoms with Gasteiger partial charge in [-0.1, -0.05) is 0 Å². The van der Waals surface area contributed by atoms with Crippen LogP contribution in [0.25, 0.3) is 0 Å². The molecule has 1 atom stereocenters. The maximum Gasteiger partial charge on any atom is 0.272 e. The molecule has 7 nitrogen and oxygen atoms in total. The summed E-state index contributed by atoms with van der Waals surface area (Å²) < 4.78 is 1.80. The van der Waals surface area contributed by atoms with Gasteiger partial charge in [0.25, 0.3) is 5.91 Å². The van der Waals surface area contributed by atoms with Crippen LogP contribution in [0.2, 0.25) is 0 Å². The van der Waals surface area contributed by atoms with Crippen molar-refractivity contribution in [2.75, 3.05) is 31.1 Å². The lowest BCUT2D eigenvalue weighted by atomic mass is 9.84. The van der Waals surface area contributed by atoms with Gasteiger partial charge in [-0.25, -0.2) is 15.0 Å². The minimum atomic E-state index is 0.109. The number of rotatable bonds is 3. The van der Waals surface area contributed by atoms with Crippen LogP contribution in [0, 0.1) is 11.8 Å². The summed E-state index contributed by atoms with van der Waals surface area (Å²) in [6.07, 6.45) is 10.3. The van der Waals surface area contributed by atoms with Crippen LogP contribution in [-0.4, -0.2) is 56.5 Å². The Kier molecular flexibility index (Phi) is 4.38. The van der Waals surface area contributed by atoms with Gasteiger partial charge in [0.15, 0.2) is 0 Å². The van der Waals surface area contributed by atoms with E-state index in [1.54, 1.807) is 29.5 Å². The molecular formula is C18H24N6O. The van der Waals surface area contributed by atoms with Gasteiger partial charge in [-0.15, -0.1) is 0 Å². The third-order valence-corrected chi connectivity index (χ3v) is 5.59. The smallest absolute Gasteiger partial charge is 0.272 e. The summed E-state index contributed by atoms with van der Waals surface area (Å²) in [5.74, 6) is 2.23. The van der Waals surface area contributed by atoms with Crippen LogP contribution in [0.5, 0.6) is 0 Å². The van der Waals surface area contributed by atoms with Crippen LogP contribution in [0.1, 0.15) is 29.8 Å². The summed E-state index contributed by atoms with van der Waals surface area (Å²) >= 11 is 0. The summed E-state index contributed by atoms with van der Waals surface area (Å²) in [5, 5.41) is 0. The molecule has 0 saturated carbocycles. The number of likely N-dealkylation sites (tertiary alicyclic amines) is 1. The van der Waals surface area contributed by atoms with E-state index in [1.807, 2.05) is 18.0 Å². The van der Waals surface area contributed by atoms with Crippen LogP contribution < -0.4 is 4.90 Å². The lowest BCUT2D eigenvalue weighted by molar-refractivity contribution is 0.0771. The molecule has 4 rings (SSSR count). The van der Waals surface area contributed by atoms with E-state index in [-0.39, 0.29) is 5.91 Å². The third kappa shape index (κ3) is 3.23. The molecule has 4 heterocycles. The van der Waals surface area contributed by atoms with E-state index < -0.39 is 0 Å². The highest BCUT2D eigenvalue weighted by Gasteiger charge is 2.34. The second-order valence-electron chi connectivity index (χ2n) is 7.06. The van der Waals surface area contributed by atoms with Crippen molar-refractivity contribution in [1.82, 2.24) is 24.4 Å². The number of hydrogen-bond donors (Lipinski definition) is 0. The van der Waals surface area contributed by atoms with Gasteiger partial charge in [-0.05, 0) is 37.2 Å². The molecule has 7 heteroatoms. The second kappa shape index (κ2) is 6.82. The van der Waals surface area contributed by atoms with Gasteiger partial charge in [0.1, 0.15) is 5.69 Å². The number of nitrogens with zero attached hydrogens (tertiary/aromatic N) is 6. The Labute approximate surface area is 147 Å². The van der Waals surface area contributed by atoms with E-state index in [4.69, 9.17) is 0 Å². The standard InChI is InChI=1S/C18H24N6O/c1-22-13-19-11-16(22)17(25)24-10-5-15(12-24)14-3-8-23(9-4-14)18-20-6-2-7-21-18/h2,6-7,11,13-15H,3-5,8-10,12H2,1H3. The molecule has 2 aliphatic heterocycles. The first-order valence-electron chi connectivity index (χ1n) is 9.00. The molecule has 0 aromatic carbocycles. The molecule has 0 N–H and O–H groups in total. The molecule has 1 amide bonds. The van der Waals surface area contributed by atoms with Crippen LogP contribution in [0.4, 0.5) is 5.95 Å². The van der Waals surface area contributed by atoms with Crippen LogP contribution in [0.3, 0.4) is 0 Å². The van der Waals surface area contributed by atoms with Gasteiger partial charge in [-0.2, -0.15) is 0 Å². The van der Waals surface area contributed by atoms with E-state index in [9.17, 15) is 4.79 Å². The van der Waals surface area contributed by atoms with Gasteiger partial charge in [0.05, 0.1) is 12.5 Å². The quantitative estimate of drug-likeness (QED) is 0.849. The lowest BCUT2D eigenvalue weighted by Crippen LogP contribution is -2.38. The minimum Gasteiger partial charge on any atom is -0.341 e. The molecule has 25 heavy (non-hydrogen) atoms. The van der Waals surface area contributed by atoms with Crippen molar-refractivity contribution < 1.29 is 4.79 Å². The molecule has 1 unspecified atom stereocenters. The Hall–Kier alpha value is -2.44. The Morgan fingerprint density at radius 1 is 1.08 bits per heavy atom. The fourth-order valence-electron chi connectivity index (χ4n) is 4.11. The average molecular weight is 340 g/mol. The summed E-state index contributed by atoms with van der Waals surface area (Å²) in [5.41, 5.74) is 0.677. The molecule has 0 radical (unpaired) electrons. The first-order valence-corrected chi connectivity index (χ1v) is 9.00. The number of anilines is 1. The molecule has 2 fully saturated rings. The maximum absolute atomic E-state index is 12.6. The Morgan fingerprint density at radius 2 is 1.80 bits per heavy atom. The van der Waals surface area contributed by atoms with E-state index in [0.29, 0.717) is 17.5 Å². The van der Waals surface area contributed by atoms with Crippen molar-refractivity contribution in [2.24, 2.45) is 18.9 Å². The number of carbonyl (C=O) groups excluding carboxylic acids is 1. The molecule has 2 aliphatic rings. The van der Waals surface area contributed by atoms with Crippen molar-refractivity contribution in [3.63, 3.8) is 0 Å². The zero-order valence-corrected chi connectivity index (χ0v) is 14.6. The summed E-state index contributed by atoms with van der Waals surface area (Å²) in [4.78, 5) is 29.7. The Morgan fingerprint density at radius 3 is 2.48 bits per heavy atom. The average Bonchev–Trinajstić information content (AvgIpc) is 3.31. The number of aromatic nitrogens is 4. The fraction of sp³-hybridized carbons (Fsp3) is 0.556. The SMILES string of the molecule is Cn1cncc1C(=O)N1CCC(C2CCN(c3ncccn3)CC2)C1. The monoisotopic (exact) mass is 340 g/mol. The van der Waals surface area contributed by atoms with Gasteiger partial charge >= 0.3 is 0 Å².